The Labute approximate surface area is 183 Å². The number of hydrogen-bond donors (Lipinski definition) is 1. The number of benzene rings is 3. The molecule has 0 radical (unpaired) electrons. The van der Waals surface area contributed by atoms with Crippen molar-refractivity contribution in [2.45, 2.75) is 45.1 Å². The van der Waals surface area contributed by atoms with Crippen molar-refractivity contribution in [3.05, 3.63) is 88.5 Å². The largest absolute Gasteiger partial charge is 0.305 e. The van der Waals surface area contributed by atoms with Crippen LogP contribution in [0.25, 0.3) is 0 Å². The maximum atomic E-state index is 13.4. The summed E-state index contributed by atoms with van der Waals surface area (Å²) in [5.41, 5.74) is 5.29. The Kier molecular flexibility index (Phi) is 5.35. The lowest BCUT2D eigenvalue weighted by atomic mass is 10.1. The van der Waals surface area contributed by atoms with Crippen LogP contribution in [0.1, 0.15) is 39.5 Å². The molecule has 1 atom stereocenters. The second-order valence-electron chi connectivity index (χ2n) is 8.26. The summed E-state index contributed by atoms with van der Waals surface area (Å²) < 4.78 is 29.1. The van der Waals surface area contributed by atoms with E-state index in [1.54, 1.807) is 30.0 Å². The fourth-order valence-corrected chi connectivity index (χ4v) is 5.48. The van der Waals surface area contributed by atoms with Gasteiger partial charge in [-0.2, -0.15) is 0 Å². The van der Waals surface area contributed by atoms with Crippen LogP contribution in [0.3, 0.4) is 0 Å². The molecule has 31 heavy (non-hydrogen) atoms. The average molecular weight is 435 g/mol. The van der Waals surface area contributed by atoms with Gasteiger partial charge in [0.2, 0.25) is 0 Å². The summed E-state index contributed by atoms with van der Waals surface area (Å²) >= 11 is 0. The van der Waals surface area contributed by atoms with Crippen molar-refractivity contribution in [1.82, 2.24) is 0 Å². The summed E-state index contributed by atoms with van der Waals surface area (Å²) in [5.74, 6) is -0.194. The highest BCUT2D eigenvalue weighted by Crippen LogP contribution is 2.33. The summed E-state index contributed by atoms with van der Waals surface area (Å²) in [6.45, 7) is 7.51. The fraction of sp³-hybridized carbons (Fsp3) is 0.240. The molecule has 0 fully saturated rings. The number of nitrogens with one attached hydrogen (secondary N) is 1. The lowest BCUT2D eigenvalue weighted by Crippen LogP contribution is -2.35. The van der Waals surface area contributed by atoms with E-state index in [0.717, 1.165) is 28.8 Å². The average Bonchev–Trinajstić information content (AvgIpc) is 3.06. The van der Waals surface area contributed by atoms with Crippen molar-refractivity contribution in [2.24, 2.45) is 0 Å². The molecule has 1 heterocycles. The van der Waals surface area contributed by atoms with Crippen LogP contribution in [-0.4, -0.2) is 20.4 Å². The van der Waals surface area contributed by atoms with Gasteiger partial charge >= 0.3 is 0 Å². The van der Waals surface area contributed by atoms with Gasteiger partial charge in [-0.1, -0.05) is 36.4 Å². The Bertz CT molecular complexity index is 1280. The molecule has 5 nitrogen and oxygen atoms in total. The van der Waals surface area contributed by atoms with Crippen LogP contribution in [-0.2, 0) is 16.4 Å². The number of rotatable bonds is 4. The van der Waals surface area contributed by atoms with E-state index in [4.69, 9.17) is 0 Å². The molecular weight excluding hydrogens is 408 g/mol. The van der Waals surface area contributed by atoms with Crippen molar-refractivity contribution in [3.8, 4) is 0 Å². The Morgan fingerprint density at radius 2 is 1.68 bits per heavy atom. The van der Waals surface area contributed by atoms with E-state index in [1.165, 1.54) is 6.07 Å². The molecule has 160 valence electrons. The number of fused-ring (bicyclic) bond motifs is 1. The second-order valence-corrected chi connectivity index (χ2v) is 9.91. The van der Waals surface area contributed by atoms with Crippen LogP contribution >= 0.6 is 0 Å². The van der Waals surface area contributed by atoms with Crippen LogP contribution in [0, 0.1) is 20.8 Å². The van der Waals surface area contributed by atoms with E-state index in [2.05, 4.69) is 4.72 Å². The molecule has 4 rings (SSSR count). The third-order valence-corrected chi connectivity index (χ3v) is 7.30. The Balaban J connectivity index is 1.70. The summed E-state index contributed by atoms with van der Waals surface area (Å²) in [6, 6.07) is 18.4. The standard InChI is InChI=1S/C25H26N2O3S/c1-16-9-10-17(2)22(13-16)26-31(29,30)24-15-21(12-11-18(24)3)25(28)27-19(4)14-20-7-5-6-8-23(20)27/h5-13,15,19,26H,14H2,1-4H3. The van der Waals surface area contributed by atoms with Gasteiger partial charge in [0.15, 0.2) is 0 Å². The number of para-hydroxylation sites is 1. The first-order valence-electron chi connectivity index (χ1n) is 10.3. The molecule has 3 aromatic carbocycles. The molecule has 1 N–H and O–H groups in total. The van der Waals surface area contributed by atoms with Gasteiger partial charge in [0, 0.05) is 17.3 Å². The summed E-state index contributed by atoms with van der Waals surface area (Å²) in [4.78, 5) is 15.2. The zero-order chi connectivity index (χ0) is 22.3. The number of nitrogens with zero attached hydrogens (tertiary/aromatic N) is 1. The molecule has 0 spiro atoms. The van der Waals surface area contributed by atoms with Gasteiger partial charge < -0.3 is 4.90 Å². The van der Waals surface area contributed by atoms with Gasteiger partial charge in [-0.3, -0.25) is 9.52 Å². The zero-order valence-corrected chi connectivity index (χ0v) is 19.0. The highest BCUT2D eigenvalue weighted by atomic mass is 32.2. The van der Waals surface area contributed by atoms with Crippen molar-refractivity contribution in [1.29, 1.82) is 0 Å². The van der Waals surface area contributed by atoms with Crippen molar-refractivity contribution < 1.29 is 13.2 Å². The van der Waals surface area contributed by atoms with Gasteiger partial charge in [-0.05, 0) is 80.6 Å². The molecule has 0 aromatic heterocycles. The first-order valence-corrected chi connectivity index (χ1v) is 11.8. The van der Waals surface area contributed by atoms with Gasteiger partial charge in [0.25, 0.3) is 15.9 Å². The maximum absolute atomic E-state index is 13.4. The molecule has 1 aliphatic heterocycles. The zero-order valence-electron chi connectivity index (χ0n) is 18.1. The van der Waals surface area contributed by atoms with Gasteiger partial charge in [0.05, 0.1) is 10.6 Å². The van der Waals surface area contributed by atoms with E-state index in [0.29, 0.717) is 16.8 Å². The third kappa shape index (κ3) is 3.95. The monoisotopic (exact) mass is 434 g/mol. The van der Waals surface area contributed by atoms with Crippen LogP contribution in [0.2, 0.25) is 0 Å². The Hall–Kier alpha value is -3.12. The minimum Gasteiger partial charge on any atom is -0.305 e. The van der Waals surface area contributed by atoms with E-state index in [9.17, 15) is 13.2 Å². The first kappa shape index (κ1) is 21.1. The van der Waals surface area contributed by atoms with Crippen LogP contribution in [0.5, 0.6) is 0 Å². The summed E-state index contributed by atoms with van der Waals surface area (Å²) in [6.07, 6.45) is 0.785. The van der Waals surface area contributed by atoms with Gasteiger partial charge in [-0.15, -0.1) is 0 Å². The number of amides is 1. The number of sulfonamides is 1. The lowest BCUT2D eigenvalue weighted by molar-refractivity contribution is 0.0981. The highest BCUT2D eigenvalue weighted by molar-refractivity contribution is 7.92. The smallest absolute Gasteiger partial charge is 0.262 e. The summed E-state index contributed by atoms with van der Waals surface area (Å²) in [5, 5.41) is 0. The lowest BCUT2D eigenvalue weighted by Gasteiger charge is -2.23. The van der Waals surface area contributed by atoms with Gasteiger partial charge in [0.1, 0.15) is 0 Å². The maximum Gasteiger partial charge on any atom is 0.262 e. The molecule has 1 unspecified atom stereocenters. The van der Waals surface area contributed by atoms with Crippen LogP contribution < -0.4 is 9.62 Å². The number of carbonyl (C=O) groups is 1. The first-order chi connectivity index (χ1) is 14.7. The van der Waals surface area contributed by atoms with Crippen LogP contribution in [0.15, 0.2) is 65.6 Å². The van der Waals surface area contributed by atoms with Crippen LogP contribution in [0.4, 0.5) is 11.4 Å². The second kappa shape index (κ2) is 7.85. The molecule has 3 aromatic rings. The predicted octanol–water partition coefficient (Wildman–Crippen LogP) is 5.00. The number of carbonyl (C=O) groups excluding carboxylic acids is 1. The molecule has 0 aliphatic carbocycles. The number of hydrogen-bond acceptors (Lipinski definition) is 3. The minimum atomic E-state index is -3.86. The van der Waals surface area contributed by atoms with E-state index < -0.39 is 10.0 Å². The number of aryl methyl sites for hydroxylation is 3. The van der Waals surface area contributed by atoms with Crippen molar-refractivity contribution in [3.63, 3.8) is 0 Å². The van der Waals surface area contributed by atoms with Crippen molar-refractivity contribution in [2.75, 3.05) is 9.62 Å². The minimum absolute atomic E-state index is 0.0133. The van der Waals surface area contributed by atoms with Crippen molar-refractivity contribution >= 4 is 27.3 Å². The Morgan fingerprint density at radius 3 is 2.45 bits per heavy atom. The fourth-order valence-electron chi connectivity index (χ4n) is 4.08. The molecule has 1 aliphatic rings. The molecular formula is C25H26N2O3S. The molecule has 1 amide bonds. The van der Waals surface area contributed by atoms with Gasteiger partial charge in [-0.25, -0.2) is 8.42 Å². The number of anilines is 2. The third-order valence-electron chi connectivity index (χ3n) is 5.79. The van der Waals surface area contributed by atoms with E-state index >= 15 is 0 Å². The van der Waals surface area contributed by atoms with E-state index in [-0.39, 0.29) is 16.8 Å². The normalized spacial score (nSPS) is 15.6. The summed E-state index contributed by atoms with van der Waals surface area (Å²) in [7, 11) is -3.86. The predicted molar refractivity (Wildman–Crippen MR) is 124 cm³/mol. The molecule has 6 heteroatoms. The van der Waals surface area contributed by atoms with E-state index in [1.807, 2.05) is 57.2 Å². The SMILES string of the molecule is Cc1ccc(C)c(NS(=O)(=O)c2cc(C(=O)N3c4ccccc4CC3C)ccc2C)c1. The molecule has 0 bridgehead atoms. The molecule has 0 saturated heterocycles. The topological polar surface area (TPSA) is 66.5 Å². The molecule has 0 saturated carbocycles. The highest BCUT2D eigenvalue weighted by Gasteiger charge is 2.32. The quantitative estimate of drug-likeness (QED) is 0.628. The Morgan fingerprint density at radius 1 is 0.968 bits per heavy atom.